The van der Waals surface area contributed by atoms with Crippen LogP contribution >= 0.6 is 12.4 Å². The minimum Gasteiger partial charge on any atom is -0.492 e. The van der Waals surface area contributed by atoms with Gasteiger partial charge >= 0.3 is 0 Å². The molecule has 110 valence electrons. The largest absolute Gasteiger partial charge is 0.492 e. The number of hydrogen-bond donors (Lipinski definition) is 1. The average molecular weight is 297 g/mol. The van der Waals surface area contributed by atoms with Crippen LogP contribution in [-0.4, -0.2) is 43.1 Å². The van der Waals surface area contributed by atoms with Gasteiger partial charge in [0.05, 0.1) is 5.92 Å². The number of hydrogen-bond acceptors (Lipinski definition) is 3. The molecule has 0 saturated carbocycles. The summed E-state index contributed by atoms with van der Waals surface area (Å²) in [5, 5.41) is 3.31. The number of carbonyl (C=O) groups excluding carboxylic acids is 1. The fourth-order valence-corrected chi connectivity index (χ4v) is 2.89. The number of ether oxygens (including phenoxy) is 1. The number of halogens is 1. The van der Waals surface area contributed by atoms with Gasteiger partial charge in [-0.1, -0.05) is 18.2 Å². The summed E-state index contributed by atoms with van der Waals surface area (Å²) in [6.45, 7) is 5.18. The lowest BCUT2D eigenvalue weighted by atomic mass is 9.95. The number of nitrogens with zero attached hydrogens (tertiary/aromatic N) is 1. The predicted octanol–water partition coefficient (Wildman–Crippen LogP) is 1.48. The fourth-order valence-electron chi connectivity index (χ4n) is 2.89. The van der Waals surface area contributed by atoms with Gasteiger partial charge < -0.3 is 15.0 Å². The third-order valence-corrected chi connectivity index (χ3v) is 4.01. The van der Waals surface area contributed by atoms with Crippen molar-refractivity contribution in [2.45, 2.75) is 19.4 Å². The molecule has 2 atom stereocenters. The topological polar surface area (TPSA) is 41.6 Å². The first kappa shape index (κ1) is 15.1. The molecular formula is C15H21ClN2O2. The van der Waals surface area contributed by atoms with Crippen molar-refractivity contribution in [3.05, 3.63) is 29.8 Å². The maximum atomic E-state index is 12.6. The lowest BCUT2D eigenvalue weighted by Crippen LogP contribution is -2.54. The fraction of sp³-hybridized carbons (Fsp3) is 0.533. The van der Waals surface area contributed by atoms with Crippen LogP contribution in [0.25, 0.3) is 0 Å². The highest BCUT2D eigenvalue weighted by molar-refractivity contribution is 5.85. The maximum Gasteiger partial charge on any atom is 0.229 e. The van der Waals surface area contributed by atoms with Crippen LogP contribution in [0.3, 0.4) is 0 Å². The number of piperazine rings is 1. The summed E-state index contributed by atoms with van der Waals surface area (Å²) in [6.07, 6.45) is 0.797. The van der Waals surface area contributed by atoms with Crippen molar-refractivity contribution in [2.75, 3.05) is 26.2 Å². The van der Waals surface area contributed by atoms with Gasteiger partial charge in [0.1, 0.15) is 12.4 Å². The second kappa shape index (κ2) is 6.46. The van der Waals surface area contributed by atoms with E-state index in [2.05, 4.69) is 18.3 Å². The summed E-state index contributed by atoms with van der Waals surface area (Å²) in [7, 11) is 0. The zero-order valence-corrected chi connectivity index (χ0v) is 12.5. The average Bonchev–Trinajstić information content (AvgIpc) is 2.46. The number of fused-ring (bicyclic) bond motifs is 1. The van der Waals surface area contributed by atoms with Gasteiger partial charge in [0.15, 0.2) is 0 Å². The predicted molar refractivity (Wildman–Crippen MR) is 80.4 cm³/mol. The number of amides is 1. The van der Waals surface area contributed by atoms with E-state index < -0.39 is 0 Å². The molecule has 5 heteroatoms. The van der Waals surface area contributed by atoms with E-state index in [1.165, 1.54) is 0 Å². The molecule has 0 aliphatic carbocycles. The minimum absolute atomic E-state index is 0. The third kappa shape index (κ3) is 2.91. The van der Waals surface area contributed by atoms with Gasteiger partial charge in [-0.15, -0.1) is 12.4 Å². The molecule has 0 radical (unpaired) electrons. The van der Waals surface area contributed by atoms with E-state index in [1.54, 1.807) is 0 Å². The Kier molecular flexibility index (Phi) is 4.89. The van der Waals surface area contributed by atoms with Crippen molar-refractivity contribution >= 4 is 18.3 Å². The molecule has 1 unspecified atom stereocenters. The molecule has 0 bridgehead atoms. The van der Waals surface area contributed by atoms with E-state index in [9.17, 15) is 4.79 Å². The Hall–Kier alpha value is -1.26. The van der Waals surface area contributed by atoms with Gasteiger partial charge in [-0.3, -0.25) is 4.79 Å². The zero-order valence-electron chi connectivity index (χ0n) is 11.7. The first-order valence-corrected chi connectivity index (χ1v) is 6.97. The second-order valence-corrected chi connectivity index (χ2v) is 5.40. The lowest BCUT2D eigenvalue weighted by Gasteiger charge is -2.37. The Morgan fingerprint density at radius 2 is 2.20 bits per heavy atom. The Balaban J connectivity index is 0.00000147. The molecule has 2 aliphatic rings. The summed E-state index contributed by atoms with van der Waals surface area (Å²) in [5.74, 6) is 1.14. The van der Waals surface area contributed by atoms with Crippen molar-refractivity contribution in [3.8, 4) is 5.75 Å². The smallest absolute Gasteiger partial charge is 0.229 e. The molecule has 3 rings (SSSR count). The van der Waals surface area contributed by atoms with E-state index in [0.29, 0.717) is 6.61 Å². The first-order valence-electron chi connectivity index (χ1n) is 6.97. The van der Waals surface area contributed by atoms with E-state index in [0.717, 1.165) is 37.4 Å². The van der Waals surface area contributed by atoms with Crippen molar-refractivity contribution in [1.82, 2.24) is 10.2 Å². The highest BCUT2D eigenvalue weighted by atomic mass is 35.5. The van der Waals surface area contributed by atoms with Crippen LogP contribution in [0.2, 0.25) is 0 Å². The molecule has 0 aromatic heterocycles. The quantitative estimate of drug-likeness (QED) is 0.853. The third-order valence-electron chi connectivity index (χ3n) is 4.01. The highest BCUT2D eigenvalue weighted by Gasteiger charge is 2.32. The minimum atomic E-state index is -0.0320. The van der Waals surface area contributed by atoms with Gasteiger partial charge in [0.2, 0.25) is 5.91 Å². The van der Waals surface area contributed by atoms with E-state index in [-0.39, 0.29) is 30.3 Å². The summed E-state index contributed by atoms with van der Waals surface area (Å²) >= 11 is 0. The summed E-state index contributed by atoms with van der Waals surface area (Å²) in [6, 6.07) is 8.28. The second-order valence-electron chi connectivity index (χ2n) is 5.40. The van der Waals surface area contributed by atoms with Gasteiger partial charge in [-0.2, -0.15) is 0 Å². The molecule has 4 nitrogen and oxygen atoms in total. The standard InChI is InChI=1S/C15H20N2O2.ClH/c1-11-9-16-6-7-17(11)15(18)13-8-12-4-2-3-5-14(12)19-10-13;/h2-5,11,13,16H,6-10H2,1H3;1H/t11-,13?;/m0./s1. The van der Waals surface area contributed by atoms with Crippen LogP contribution in [0.5, 0.6) is 5.75 Å². The monoisotopic (exact) mass is 296 g/mol. The Bertz CT molecular complexity index is 481. The molecule has 2 heterocycles. The van der Waals surface area contributed by atoms with Gasteiger partial charge in [0, 0.05) is 25.7 Å². The van der Waals surface area contributed by atoms with Crippen molar-refractivity contribution in [2.24, 2.45) is 5.92 Å². The Morgan fingerprint density at radius 1 is 1.40 bits per heavy atom. The van der Waals surface area contributed by atoms with Crippen LogP contribution < -0.4 is 10.1 Å². The van der Waals surface area contributed by atoms with E-state index in [4.69, 9.17) is 4.74 Å². The number of benzene rings is 1. The number of rotatable bonds is 1. The molecule has 20 heavy (non-hydrogen) atoms. The van der Waals surface area contributed by atoms with Gasteiger partial charge in [-0.25, -0.2) is 0 Å². The molecule has 1 saturated heterocycles. The normalized spacial score (nSPS) is 25.1. The maximum absolute atomic E-state index is 12.6. The number of nitrogens with one attached hydrogen (secondary N) is 1. The zero-order chi connectivity index (χ0) is 13.2. The van der Waals surface area contributed by atoms with Crippen molar-refractivity contribution < 1.29 is 9.53 Å². The molecule has 2 aliphatic heterocycles. The molecular weight excluding hydrogens is 276 g/mol. The van der Waals surface area contributed by atoms with E-state index in [1.807, 2.05) is 23.1 Å². The van der Waals surface area contributed by atoms with Gasteiger partial charge in [-0.05, 0) is 25.0 Å². The molecule has 1 N–H and O–H groups in total. The molecule has 1 amide bonds. The summed E-state index contributed by atoms with van der Waals surface area (Å²) < 4.78 is 5.72. The Morgan fingerprint density at radius 3 is 3.00 bits per heavy atom. The molecule has 1 aromatic carbocycles. The SMILES string of the molecule is C[C@H]1CNCCN1C(=O)C1COc2ccccc2C1.Cl. The van der Waals surface area contributed by atoms with Crippen LogP contribution in [-0.2, 0) is 11.2 Å². The lowest BCUT2D eigenvalue weighted by molar-refractivity contribution is -0.139. The van der Waals surface area contributed by atoms with Crippen molar-refractivity contribution in [3.63, 3.8) is 0 Å². The summed E-state index contributed by atoms with van der Waals surface area (Å²) in [5.41, 5.74) is 1.15. The number of carbonyl (C=O) groups is 1. The Labute approximate surface area is 125 Å². The van der Waals surface area contributed by atoms with Crippen molar-refractivity contribution in [1.29, 1.82) is 0 Å². The number of para-hydroxylation sites is 1. The highest BCUT2D eigenvalue weighted by Crippen LogP contribution is 2.28. The van der Waals surface area contributed by atoms with Gasteiger partial charge in [0.25, 0.3) is 0 Å². The van der Waals surface area contributed by atoms with Crippen LogP contribution in [0, 0.1) is 5.92 Å². The van der Waals surface area contributed by atoms with E-state index >= 15 is 0 Å². The van der Waals surface area contributed by atoms with Crippen LogP contribution in [0.1, 0.15) is 12.5 Å². The molecule has 0 spiro atoms. The molecule has 1 aromatic rings. The molecule has 1 fully saturated rings. The van der Waals surface area contributed by atoms with Crippen LogP contribution in [0.4, 0.5) is 0 Å². The first-order chi connectivity index (χ1) is 9.25. The summed E-state index contributed by atoms with van der Waals surface area (Å²) in [4.78, 5) is 14.6. The van der Waals surface area contributed by atoms with Crippen LogP contribution in [0.15, 0.2) is 24.3 Å².